The summed E-state index contributed by atoms with van der Waals surface area (Å²) in [6.45, 7) is 0. The molecule has 0 aliphatic carbocycles. The fourth-order valence-electron chi connectivity index (χ4n) is 1.46. The number of rotatable bonds is 0. The average molecular weight is 253 g/mol. The van der Waals surface area contributed by atoms with E-state index in [1.165, 1.54) is 12.1 Å². The van der Waals surface area contributed by atoms with Crippen molar-refractivity contribution in [3.05, 3.63) is 34.3 Å². The van der Waals surface area contributed by atoms with Crippen LogP contribution in [0.15, 0.2) is 18.2 Å². The number of benzene rings is 1. The van der Waals surface area contributed by atoms with E-state index in [0.29, 0.717) is 0 Å². The third-order valence-corrected chi connectivity index (χ3v) is 2.52. The Morgan fingerprint density at radius 2 is 2.00 bits per heavy atom. The molecule has 0 aromatic heterocycles. The first-order valence-electron chi connectivity index (χ1n) is 4.09. The molecule has 1 N–H and O–H groups in total. The SMILES string of the molecule is O=C1O[C@](O)(C(F)(F)F)c2cccc(Cl)c21. The number of esters is 1. The van der Waals surface area contributed by atoms with E-state index in [-0.39, 0.29) is 5.02 Å². The van der Waals surface area contributed by atoms with E-state index in [0.717, 1.165) is 6.07 Å². The molecule has 1 aromatic rings. The lowest BCUT2D eigenvalue weighted by Crippen LogP contribution is -2.42. The Kier molecular flexibility index (Phi) is 2.18. The molecule has 0 radical (unpaired) electrons. The van der Waals surface area contributed by atoms with Crippen LogP contribution in [-0.4, -0.2) is 17.3 Å². The van der Waals surface area contributed by atoms with Gasteiger partial charge in [0.1, 0.15) is 0 Å². The van der Waals surface area contributed by atoms with Crippen molar-refractivity contribution < 1.29 is 27.8 Å². The zero-order valence-electron chi connectivity index (χ0n) is 7.51. The highest BCUT2D eigenvalue weighted by Crippen LogP contribution is 2.47. The molecule has 0 fully saturated rings. The lowest BCUT2D eigenvalue weighted by molar-refractivity contribution is -0.349. The number of hydrogen-bond acceptors (Lipinski definition) is 3. The number of halogens is 4. The minimum Gasteiger partial charge on any atom is -0.415 e. The lowest BCUT2D eigenvalue weighted by Gasteiger charge is -2.24. The molecular weight excluding hydrogens is 249 g/mol. The third kappa shape index (κ3) is 1.30. The summed E-state index contributed by atoms with van der Waals surface area (Å²) in [5.74, 6) is -4.90. The van der Waals surface area contributed by atoms with Crippen LogP contribution >= 0.6 is 11.6 Å². The molecule has 16 heavy (non-hydrogen) atoms. The second kappa shape index (κ2) is 3.11. The van der Waals surface area contributed by atoms with Crippen LogP contribution in [0.25, 0.3) is 0 Å². The van der Waals surface area contributed by atoms with Crippen LogP contribution in [0.1, 0.15) is 15.9 Å². The van der Waals surface area contributed by atoms with Crippen LogP contribution in [0.3, 0.4) is 0 Å². The van der Waals surface area contributed by atoms with E-state index in [2.05, 4.69) is 4.74 Å². The average Bonchev–Trinajstić information content (AvgIpc) is 2.40. The Labute approximate surface area is 92.4 Å². The molecule has 0 amide bonds. The molecule has 0 unspecified atom stereocenters. The van der Waals surface area contributed by atoms with E-state index in [4.69, 9.17) is 11.6 Å². The Morgan fingerprint density at radius 1 is 1.38 bits per heavy atom. The predicted octanol–water partition coefficient (Wildman–Crippen LogP) is 2.22. The van der Waals surface area contributed by atoms with E-state index in [1.807, 2.05) is 0 Å². The summed E-state index contributed by atoms with van der Waals surface area (Å²) in [4.78, 5) is 11.2. The number of cyclic esters (lactones) is 1. The van der Waals surface area contributed by atoms with E-state index < -0.39 is 29.1 Å². The summed E-state index contributed by atoms with van der Waals surface area (Å²) in [5.41, 5.74) is -1.14. The number of alkyl halides is 3. The standard InChI is InChI=1S/C9H4ClF3O3/c10-5-3-1-2-4-6(5)7(14)16-8(4,15)9(11,12)13/h1-3,15H/t8-/m0/s1. The Hall–Kier alpha value is -1.27. The van der Waals surface area contributed by atoms with Crippen LogP contribution in [-0.2, 0) is 10.5 Å². The van der Waals surface area contributed by atoms with Gasteiger partial charge in [-0.25, -0.2) is 4.79 Å². The first-order chi connectivity index (χ1) is 7.27. The minimum absolute atomic E-state index is 0.192. The second-order valence-electron chi connectivity index (χ2n) is 3.19. The molecule has 0 spiro atoms. The molecular formula is C9H4ClF3O3. The highest BCUT2D eigenvalue weighted by Gasteiger charge is 2.64. The smallest absolute Gasteiger partial charge is 0.415 e. The molecule has 1 aliphatic rings. The van der Waals surface area contributed by atoms with Crippen molar-refractivity contribution >= 4 is 17.6 Å². The van der Waals surface area contributed by atoms with Gasteiger partial charge in [-0.3, -0.25) is 0 Å². The van der Waals surface area contributed by atoms with Gasteiger partial charge in [0.15, 0.2) is 0 Å². The van der Waals surface area contributed by atoms with Gasteiger partial charge in [0.05, 0.1) is 10.6 Å². The zero-order chi connectivity index (χ0) is 12.1. The van der Waals surface area contributed by atoms with Crippen LogP contribution in [0.4, 0.5) is 13.2 Å². The molecule has 1 aromatic carbocycles. The number of aliphatic hydroxyl groups is 1. The second-order valence-corrected chi connectivity index (χ2v) is 3.60. The Bertz CT molecular complexity index is 472. The quantitative estimate of drug-likeness (QED) is 0.720. The normalized spacial score (nSPS) is 24.2. The maximum atomic E-state index is 12.6. The maximum absolute atomic E-state index is 12.6. The first kappa shape index (κ1) is 11.2. The van der Waals surface area contributed by atoms with Gasteiger partial charge >= 0.3 is 17.9 Å². The van der Waals surface area contributed by atoms with Crippen molar-refractivity contribution in [3.8, 4) is 0 Å². The summed E-state index contributed by atoms with van der Waals surface area (Å²) in [6.07, 6.45) is -5.11. The van der Waals surface area contributed by atoms with Gasteiger partial charge in [0.25, 0.3) is 0 Å². The molecule has 1 aliphatic heterocycles. The molecule has 86 valence electrons. The van der Waals surface area contributed by atoms with Gasteiger partial charge in [0.2, 0.25) is 0 Å². The number of carbonyl (C=O) groups excluding carboxylic acids is 1. The van der Waals surface area contributed by atoms with Gasteiger partial charge < -0.3 is 9.84 Å². The van der Waals surface area contributed by atoms with Crippen molar-refractivity contribution in [2.75, 3.05) is 0 Å². The highest BCUT2D eigenvalue weighted by molar-refractivity contribution is 6.34. The van der Waals surface area contributed by atoms with Gasteiger partial charge in [-0.1, -0.05) is 23.7 Å². The molecule has 2 rings (SSSR count). The van der Waals surface area contributed by atoms with Gasteiger partial charge in [-0.05, 0) is 6.07 Å². The summed E-state index contributed by atoms with van der Waals surface area (Å²) >= 11 is 5.56. The molecule has 3 nitrogen and oxygen atoms in total. The van der Waals surface area contributed by atoms with Crippen LogP contribution in [0.2, 0.25) is 5.02 Å². The minimum atomic E-state index is -5.11. The maximum Gasteiger partial charge on any atom is 0.460 e. The third-order valence-electron chi connectivity index (χ3n) is 2.21. The zero-order valence-corrected chi connectivity index (χ0v) is 8.26. The predicted molar refractivity (Wildman–Crippen MR) is 46.8 cm³/mol. The number of carbonyl (C=O) groups is 1. The molecule has 0 saturated carbocycles. The summed E-state index contributed by atoms with van der Waals surface area (Å²) < 4.78 is 41.6. The number of hydrogen-bond donors (Lipinski definition) is 1. The van der Waals surface area contributed by atoms with E-state index in [1.54, 1.807) is 0 Å². The van der Waals surface area contributed by atoms with Crippen LogP contribution in [0.5, 0.6) is 0 Å². The van der Waals surface area contributed by atoms with Gasteiger partial charge in [-0.15, -0.1) is 0 Å². The molecule has 7 heteroatoms. The fourth-order valence-corrected chi connectivity index (χ4v) is 1.72. The Morgan fingerprint density at radius 3 is 2.56 bits per heavy atom. The molecule has 1 heterocycles. The van der Waals surface area contributed by atoms with Crippen molar-refractivity contribution in [1.29, 1.82) is 0 Å². The van der Waals surface area contributed by atoms with Crippen molar-refractivity contribution in [2.45, 2.75) is 12.0 Å². The molecule has 0 bridgehead atoms. The van der Waals surface area contributed by atoms with Gasteiger partial charge in [-0.2, -0.15) is 13.2 Å². The monoisotopic (exact) mass is 252 g/mol. The number of ether oxygens (including phenoxy) is 1. The highest BCUT2D eigenvalue weighted by atomic mass is 35.5. The van der Waals surface area contributed by atoms with Crippen molar-refractivity contribution in [2.24, 2.45) is 0 Å². The lowest BCUT2D eigenvalue weighted by atomic mass is 10.0. The van der Waals surface area contributed by atoms with Crippen molar-refractivity contribution in [1.82, 2.24) is 0 Å². The topological polar surface area (TPSA) is 46.5 Å². The summed E-state index contributed by atoms with van der Waals surface area (Å²) in [6, 6.07) is 3.38. The fraction of sp³-hybridized carbons (Fsp3) is 0.222. The molecule has 1 atom stereocenters. The van der Waals surface area contributed by atoms with Crippen molar-refractivity contribution in [3.63, 3.8) is 0 Å². The Balaban J connectivity index is 2.69. The molecule has 0 saturated heterocycles. The summed E-state index contributed by atoms with van der Waals surface area (Å²) in [5, 5.41) is 9.16. The largest absolute Gasteiger partial charge is 0.460 e. The van der Waals surface area contributed by atoms with Gasteiger partial charge in [0, 0.05) is 5.56 Å². The van der Waals surface area contributed by atoms with E-state index >= 15 is 0 Å². The number of fused-ring (bicyclic) bond motifs is 1. The summed E-state index contributed by atoms with van der Waals surface area (Å²) in [7, 11) is 0. The van der Waals surface area contributed by atoms with E-state index in [9.17, 15) is 23.1 Å². The van der Waals surface area contributed by atoms with Crippen LogP contribution in [0, 0.1) is 0 Å². The van der Waals surface area contributed by atoms with Crippen LogP contribution < -0.4 is 0 Å². The first-order valence-corrected chi connectivity index (χ1v) is 4.46.